The summed E-state index contributed by atoms with van der Waals surface area (Å²) in [5.41, 5.74) is 5.29. The van der Waals surface area contributed by atoms with Crippen molar-refractivity contribution in [2.45, 2.75) is 13.0 Å². The number of hydrogen-bond acceptors (Lipinski definition) is 5. The van der Waals surface area contributed by atoms with E-state index in [1.54, 1.807) is 26.2 Å². The molecule has 114 valence electrons. The predicted molar refractivity (Wildman–Crippen MR) is 82.1 cm³/mol. The van der Waals surface area contributed by atoms with E-state index >= 15 is 0 Å². The Bertz CT molecular complexity index is 545. The van der Waals surface area contributed by atoms with Crippen LogP contribution in [0.15, 0.2) is 12.1 Å². The first-order valence-electron chi connectivity index (χ1n) is 6.44. The van der Waals surface area contributed by atoms with Crippen LogP contribution in [0.4, 0.5) is 0 Å². The number of nitrogens with one attached hydrogen (secondary N) is 2. The Morgan fingerprint density at radius 2 is 2.24 bits per heavy atom. The van der Waals surface area contributed by atoms with Gasteiger partial charge in [0.05, 0.1) is 22.9 Å². The van der Waals surface area contributed by atoms with E-state index in [1.165, 1.54) is 11.3 Å². The third-order valence-corrected chi connectivity index (χ3v) is 3.49. The third-order valence-electron chi connectivity index (χ3n) is 2.49. The zero-order valence-electron chi connectivity index (χ0n) is 12.1. The fraction of sp³-hybridized carbons (Fsp3) is 0.429. The summed E-state index contributed by atoms with van der Waals surface area (Å²) in [6.45, 7) is 2.74. The minimum atomic E-state index is -0.616. The zero-order chi connectivity index (χ0) is 15.7. The summed E-state index contributed by atoms with van der Waals surface area (Å²) >= 11 is 1.26. The average Bonchev–Trinajstić information content (AvgIpc) is 2.94. The molecule has 1 heterocycles. The molecular formula is C14H19N3O3S. The largest absolute Gasteiger partial charge is 0.383 e. The smallest absolute Gasteiger partial charge is 0.262 e. The fourth-order valence-corrected chi connectivity index (χ4v) is 2.21. The highest BCUT2D eigenvalue weighted by Gasteiger charge is 2.17. The SMILES string of the molecule is COCCNC(=O)C(C)NC(=O)c1ccc(C#CCN)s1. The molecule has 6 nitrogen and oxygen atoms in total. The highest BCUT2D eigenvalue weighted by molar-refractivity contribution is 7.14. The van der Waals surface area contributed by atoms with Gasteiger partial charge in [0.2, 0.25) is 5.91 Å². The van der Waals surface area contributed by atoms with Gasteiger partial charge in [0, 0.05) is 13.7 Å². The minimum absolute atomic E-state index is 0.250. The second kappa shape index (κ2) is 9.13. The molecule has 0 saturated carbocycles. The van der Waals surface area contributed by atoms with Crippen LogP contribution < -0.4 is 16.4 Å². The number of methoxy groups -OCH3 is 1. The van der Waals surface area contributed by atoms with Crippen molar-refractivity contribution in [3.63, 3.8) is 0 Å². The Labute approximate surface area is 128 Å². The van der Waals surface area contributed by atoms with Gasteiger partial charge >= 0.3 is 0 Å². The summed E-state index contributed by atoms with van der Waals surface area (Å²) in [7, 11) is 1.55. The standard InChI is InChI=1S/C14H19N3O3S/c1-10(13(18)16-8-9-20-2)17-14(19)12-6-5-11(21-12)4-3-7-15/h5-6,10H,7-9,15H2,1-2H3,(H,16,18)(H,17,19). The molecule has 21 heavy (non-hydrogen) atoms. The summed E-state index contributed by atoms with van der Waals surface area (Å²) in [5, 5.41) is 5.30. The minimum Gasteiger partial charge on any atom is -0.383 e. The molecule has 1 atom stereocenters. The molecule has 0 fully saturated rings. The van der Waals surface area contributed by atoms with Crippen LogP contribution >= 0.6 is 11.3 Å². The van der Waals surface area contributed by atoms with E-state index in [2.05, 4.69) is 22.5 Å². The lowest BCUT2D eigenvalue weighted by Crippen LogP contribution is -2.45. The predicted octanol–water partition coefficient (Wildman–Crippen LogP) is -0.0608. The number of ether oxygens (including phenoxy) is 1. The highest BCUT2D eigenvalue weighted by atomic mass is 32.1. The van der Waals surface area contributed by atoms with Crippen LogP contribution in [0.25, 0.3) is 0 Å². The van der Waals surface area contributed by atoms with Gasteiger partial charge in [0.1, 0.15) is 6.04 Å². The van der Waals surface area contributed by atoms with Crippen molar-refractivity contribution in [1.82, 2.24) is 10.6 Å². The van der Waals surface area contributed by atoms with Gasteiger partial charge in [-0.2, -0.15) is 0 Å². The molecule has 0 spiro atoms. The molecule has 0 aliphatic rings. The van der Waals surface area contributed by atoms with Gasteiger partial charge < -0.3 is 21.1 Å². The Kier molecular flexibility index (Phi) is 7.46. The van der Waals surface area contributed by atoms with Gasteiger partial charge in [-0.1, -0.05) is 11.8 Å². The van der Waals surface area contributed by atoms with Crippen molar-refractivity contribution in [2.75, 3.05) is 26.8 Å². The quantitative estimate of drug-likeness (QED) is 0.507. The molecule has 0 bridgehead atoms. The summed E-state index contributed by atoms with van der Waals surface area (Å²) in [5.74, 6) is 5.04. The molecule has 0 aliphatic heterocycles. The zero-order valence-corrected chi connectivity index (χ0v) is 12.9. The summed E-state index contributed by atoms with van der Waals surface area (Å²) in [4.78, 5) is 25.0. The Hall–Kier alpha value is -1.88. The monoisotopic (exact) mass is 309 g/mol. The topological polar surface area (TPSA) is 93.5 Å². The number of rotatable bonds is 6. The van der Waals surface area contributed by atoms with Gasteiger partial charge in [0.15, 0.2) is 0 Å². The lowest BCUT2D eigenvalue weighted by atomic mass is 10.3. The Morgan fingerprint density at radius 3 is 2.90 bits per heavy atom. The highest BCUT2D eigenvalue weighted by Crippen LogP contribution is 2.15. The normalized spacial score (nSPS) is 11.2. The molecule has 1 rings (SSSR count). The van der Waals surface area contributed by atoms with E-state index in [1.807, 2.05) is 0 Å². The van der Waals surface area contributed by atoms with Crippen LogP contribution in [0, 0.1) is 11.8 Å². The maximum Gasteiger partial charge on any atom is 0.262 e. The summed E-state index contributed by atoms with van der Waals surface area (Å²) in [6, 6.07) is 2.82. The van der Waals surface area contributed by atoms with Gasteiger partial charge in [0.25, 0.3) is 5.91 Å². The number of nitrogens with two attached hydrogens (primary N) is 1. The number of carbonyl (C=O) groups excluding carboxylic acids is 2. The van der Waals surface area contributed by atoms with Crippen molar-refractivity contribution in [3.05, 3.63) is 21.9 Å². The first-order chi connectivity index (χ1) is 10.1. The lowest BCUT2D eigenvalue weighted by molar-refractivity contribution is -0.122. The summed E-state index contributed by atoms with van der Waals surface area (Å²) < 4.78 is 4.84. The average molecular weight is 309 g/mol. The summed E-state index contributed by atoms with van der Waals surface area (Å²) in [6.07, 6.45) is 0. The maximum atomic E-state index is 12.0. The number of carbonyl (C=O) groups is 2. The van der Waals surface area contributed by atoms with E-state index in [4.69, 9.17) is 10.5 Å². The van der Waals surface area contributed by atoms with E-state index in [9.17, 15) is 9.59 Å². The Morgan fingerprint density at radius 1 is 1.48 bits per heavy atom. The fourth-order valence-electron chi connectivity index (χ4n) is 1.43. The number of hydrogen-bond donors (Lipinski definition) is 3. The van der Waals surface area contributed by atoms with Crippen molar-refractivity contribution in [3.8, 4) is 11.8 Å². The molecule has 7 heteroatoms. The van der Waals surface area contributed by atoms with Gasteiger partial charge in [-0.05, 0) is 19.1 Å². The van der Waals surface area contributed by atoms with Gasteiger partial charge in [-0.15, -0.1) is 11.3 Å². The van der Waals surface area contributed by atoms with Crippen molar-refractivity contribution in [1.29, 1.82) is 0 Å². The van der Waals surface area contributed by atoms with Crippen molar-refractivity contribution in [2.24, 2.45) is 5.73 Å². The third kappa shape index (κ3) is 5.95. The Balaban J connectivity index is 2.52. The molecule has 4 N–H and O–H groups in total. The second-order valence-corrected chi connectivity index (χ2v) is 5.23. The lowest BCUT2D eigenvalue weighted by Gasteiger charge is -2.13. The first kappa shape index (κ1) is 17.2. The molecule has 1 aromatic heterocycles. The van der Waals surface area contributed by atoms with Crippen LogP contribution in [0.2, 0.25) is 0 Å². The van der Waals surface area contributed by atoms with Crippen LogP contribution in [-0.2, 0) is 9.53 Å². The molecule has 2 amide bonds. The van der Waals surface area contributed by atoms with E-state index in [0.29, 0.717) is 18.0 Å². The second-order valence-electron chi connectivity index (χ2n) is 4.15. The van der Waals surface area contributed by atoms with Crippen LogP contribution in [0.3, 0.4) is 0 Å². The van der Waals surface area contributed by atoms with E-state index in [-0.39, 0.29) is 18.4 Å². The molecule has 0 aliphatic carbocycles. The maximum absolute atomic E-state index is 12.0. The molecular weight excluding hydrogens is 290 g/mol. The first-order valence-corrected chi connectivity index (χ1v) is 7.26. The molecule has 1 aromatic rings. The molecule has 0 saturated heterocycles. The van der Waals surface area contributed by atoms with Crippen LogP contribution in [0.5, 0.6) is 0 Å². The van der Waals surface area contributed by atoms with E-state index in [0.717, 1.165) is 4.88 Å². The van der Waals surface area contributed by atoms with E-state index < -0.39 is 6.04 Å². The van der Waals surface area contributed by atoms with Crippen LogP contribution in [-0.4, -0.2) is 44.7 Å². The van der Waals surface area contributed by atoms with Crippen molar-refractivity contribution < 1.29 is 14.3 Å². The molecule has 1 unspecified atom stereocenters. The van der Waals surface area contributed by atoms with Gasteiger partial charge in [-0.25, -0.2) is 0 Å². The van der Waals surface area contributed by atoms with Crippen molar-refractivity contribution >= 4 is 23.2 Å². The van der Waals surface area contributed by atoms with Gasteiger partial charge in [-0.3, -0.25) is 9.59 Å². The molecule has 0 aromatic carbocycles. The molecule has 0 radical (unpaired) electrons. The number of amides is 2. The number of thiophene rings is 1. The van der Waals surface area contributed by atoms with Crippen LogP contribution in [0.1, 0.15) is 21.5 Å².